The average Bonchev–Trinajstić information content (AvgIpc) is 2.87. The Bertz CT molecular complexity index is 515. The maximum Gasteiger partial charge on any atom is 0.416 e. The molecule has 2 aliphatic heterocycles. The van der Waals surface area contributed by atoms with Gasteiger partial charge in [-0.05, 0) is 50.4 Å². The summed E-state index contributed by atoms with van der Waals surface area (Å²) in [6.07, 6.45) is -0.431. The third kappa shape index (κ3) is 3.15. The minimum atomic E-state index is -4.45. The molecule has 1 aromatic carbocycles. The van der Waals surface area contributed by atoms with Gasteiger partial charge in [0, 0.05) is 18.6 Å². The second-order valence-corrected chi connectivity index (χ2v) is 5.89. The molecule has 116 valence electrons. The van der Waals surface area contributed by atoms with Crippen LogP contribution < -0.4 is 5.32 Å². The molecule has 21 heavy (non-hydrogen) atoms. The zero-order valence-corrected chi connectivity index (χ0v) is 11.6. The van der Waals surface area contributed by atoms with Crippen molar-refractivity contribution in [3.8, 4) is 0 Å². The molecule has 2 fully saturated rings. The van der Waals surface area contributed by atoms with Gasteiger partial charge in [0.2, 0.25) is 0 Å². The van der Waals surface area contributed by atoms with Crippen LogP contribution >= 0.6 is 0 Å². The molecule has 0 aliphatic carbocycles. The van der Waals surface area contributed by atoms with E-state index < -0.39 is 17.6 Å². The first-order valence-electron chi connectivity index (χ1n) is 7.31. The molecule has 2 heterocycles. The maximum absolute atomic E-state index is 13.7. The van der Waals surface area contributed by atoms with Crippen molar-refractivity contribution in [1.82, 2.24) is 4.90 Å². The third-order valence-electron chi connectivity index (χ3n) is 4.47. The highest BCUT2D eigenvalue weighted by atomic mass is 19.4. The second kappa shape index (κ2) is 5.48. The van der Waals surface area contributed by atoms with Gasteiger partial charge >= 0.3 is 6.18 Å². The van der Waals surface area contributed by atoms with Crippen molar-refractivity contribution in [2.75, 3.05) is 18.4 Å². The summed E-state index contributed by atoms with van der Waals surface area (Å²) in [5, 5.41) is 2.97. The number of nitrogens with one attached hydrogen (secondary N) is 1. The number of hydrogen-bond donors (Lipinski definition) is 1. The lowest BCUT2D eigenvalue weighted by Crippen LogP contribution is -2.42. The van der Waals surface area contributed by atoms with Crippen molar-refractivity contribution in [3.63, 3.8) is 0 Å². The van der Waals surface area contributed by atoms with Crippen molar-refractivity contribution >= 4 is 5.69 Å². The number of hydrogen-bond acceptors (Lipinski definition) is 2. The van der Waals surface area contributed by atoms with Crippen LogP contribution in [0.15, 0.2) is 18.2 Å². The Labute approximate surface area is 121 Å². The first-order chi connectivity index (χ1) is 9.93. The van der Waals surface area contributed by atoms with Gasteiger partial charge in [-0.3, -0.25) is 0 Å². The van der Waals surface area contributed by atoms with Crippen molar-refractivity contribution in [3.05, 3.63) is 29.6 Å². The molecule has 2 aliphatic rings. The summed E-state index contributed by atoms with van der Waals surface area (Å²) in [6.45, 7) is 2.04. The molecular formula is C15H18F4N2. The molecule has 1 aromatic rings. The molecule has 2 atom stereocenters. The van der Waals surface area contributed by atoms with Crippen molar-refractivity contribution in [1.29, 1.82) is 0 Å². The summed E-state index contributed by atoms with van der Waals surface area (Å²) >= 11 is 0. The molecule has 6 heteroatoms. The Hall–Kier alpha value is -1.30. The Kier molecular flexibility index (Phi) is 3.82. The van der Waals surface area contributed by atoms with Gasteiger partial charge in [0.05, 0.1) is 11.3 Å². The number of benzene rings is 1. The first kappa shape index (κ1) is 14.6. The van der Waals surface area contributed by atoms with E-state index in [4.69, 9.17) is 0 Å². The second-order valence-electron chi connectivity index (χ2n) is 5.89. The van der Waals surface area contributed by atoms with E-state index in [-0.39, 0.29) is 11.7 Å². The summed E-state index contributed by atoms with van der Waals surface area (Å²) in [5.41, 5.74) is -0.856. The van der Waals surface area contributed by atoms with Gasteiger partial charge < -0.3 is 10.2 Å². The summed E-state index contributed by atoms with van der Waals surface area (Å²) < 4.78 is 51.8. The molecular weight excluding hydrogens is 284 g/mol. The predicted octanol–water partition coefficient (Wildman–Crippen LogP) is 3.88. The lowest BCUT2D eigenvalue weighted by molar-refractivity contribution is -0.137. The van der Waals surface area contributed by atoms with E-state index >= 15 is 0 Å². The van der Waals surface area contributed by atoms with Crippen LogP contribution in [0.3, 0.4) is 0 Å². The summed E-state index contributed by atoms with van der Waals surface area (Å²) in [7, 11) is 0. The summed E-state index contributed by atoms with van der Waals surface area (Å²) in [6, 6.07) is 3.07. The lowest BCUT2D eigenvalue weighted by atomic mass is 9.97. The van der Waals surface area contributed by atoms with Crippen LogP contribution in [0.4, 0.5) is 23.2 Å². The highest BCUT2D eigenvalue weighted by Crippen LogP contribution is 2.33. The number of piperidine rings is 1. The van der Waals surface area contributed by atoms with Crippen LogP contribution in [0.25, 0.3) is 0 Å². The van der Waals surface area contributed by atoms with Gasteiger partial charge in [-0.15, -0.1) is 0 Å². The topological polar surface area (TPSA) is 15.3 Å². The number of alkyl halides is 3. The van der Waals surface area contributed by atoms with E-state index in [1.54, 1.807) is 0 Å². The average molecular weight is 302 g/mol. The highest BCUT2D eigenvalue weighted by Gasteiger charge is 2.33. The van der Waals surface area contributed by atoms with Crippen LogP contribution in [0.1, 0.15) is 31.2 Å². The molecule has 1 N–H and O–H groups in total. The number of halogens is 4. The maximum atomic E-state index is 13.7. The van der Waals surface area contributed by atoms with Crippen molar-refractivity contribution in [2.45, 2.75) is 43.9 Å². The van der Waals surface area contributed by atoms with E-state index in [0.29, 0.717) is 6.04 Å². The molecule has 0 aromatic heterocycles. The largest absolute Gasteiger partial charge is 0.416 e. The Morgan fingerprint density at radius 3 is 2.71 bits per heavy atom. The number of fused-ring (bicyclic) bond motifs is 1. The molecule has 0 radical (unpaired) electrons. The molecule has 2 unspecified atom stereocenters. The van der Waals surface area contributed by atoms with Crippen LogP contribution in [0.2, 0.25) is 0 Å². The summed E-state index contributed by atoms with van der Waals surface area (Å²) in [5.74, 6) is -0.628. The van der Waals surface area contributed by atoms with Crippen LogP contribution in [0.5, 0.6) is 0 Å². The highest BCUT2D eigenvalue weighted by molar-refractivity contribution is 5.49. The van der Waals surface area contributed by atoms with Crippen LogP contribution in [-0.2, 0) is 6.18 Å². The van der Waals surface area contributed by atoms with Crippen LogP contribution in [0, 0.1) is 5.82 Å². The molecule has 0 amide bonds. The normalized spacial score (nSPS) is 26.7. The van der Waals surface area contributed by atoms with Gasteiger partial charge in [0.1, 0.15) is 5.82 Å². The SMILES string of the molecule is Fc1ccc(C(F)(F)F)cc1NC1CCN2CCCC2C1. The fourth-order valence-electron chi connectivity index (χ4n) is 3.39. The molecule has 3 rings (SSSR count). The Morgan fingerprint density at radius 2 is 1.95 bits per heavy atom. The van der Waals surface area contributed by atoms with Crippen molar-refractivity contribution in [2.24, 2.45) is 0 Å². The minimum Gasteiger partial charge on any atom is -0.380 e. The number of rotatable bonds is 2. The van der Waals surface area contributed by atoms with Crippen molar-refractivity contribution < 1.29 is 17.6 Å². The molecule has 0 spiro atoms. The standard InChI is InChI=1S/C15H18F4N2/c16-13-4-3-10(15(17,18)19)8-14(13)20-11-5-7-21-6-1-2-12(21)9-11/h3-4,8,11-12,20H,1-2,5-7,9H2. The molecule has 2 nitrogen and oxygen atoms in total. The fraction of sp³-hybridized carbons (Fsp3) is 0.600. The Morgan fingerprint density at radius 1 is 1.14 bits per heavy atom. The zero-order chi connectivity index (χ0) is 15.0. The van der Waals surface area contributed by atoms with Gasteiger partial charge in [-0.1, -0.05) is 0 Å². The molecule has 0 saturated carbocycles. The first-order valence-corrected chi connectivity index (χ1v) is 7.31. The van der Waals surface area contributed by atoms with E-state index in [2.05, 4.69) is 10.2 Å². The summed E-state index contributed by atoms with van der Waals surface area (Å²) in [4.78, 5) is 2.42. The quantitative estimate of drug-likeness (QED) is 0.834. The van der Waals surface area contributed by atoms with Gasteiger partial charge in [-0.2, -0.15) is 13.2 Å². The molecule has 2 saturated heterocycles. The van der Waals surface area contributed by atoms with Crippen LogP contribution in [-0.4, -0.2) is 30.1 Å². The van der Waals surface area contributed by atoms with E-state index in [9.17, 15) is 17.6 Å². The Balaban J connectivity index is 1.72. The monoisotopic (exact) mass is 302 g/mol. The minimum absolute atomic E-state index is 0.0405. The lowest BCUT2D eigenvalue weighted by Gasteiger charge is -2.35. The van der Waals surface area contributed by atoms with Gasteiger partial charge in [-0.25, -0.2) is 4.39 Å². The third-order valence-corrected chi connectivity index (χ3v) is 4.47. The van der Waals surface area contributed by atoms with E-state index in [1.165, 1.54) is 6.42 Å². The smallest absolute Gasteiger partial charge is 0.380 e. The van der Waals surface area contributed by atoms with E-state index in [1.807, 2.05) is 0 Å². The number of anilines is 1. The predicted molar refractivity (Wildman–Crippen MR) is 72.6 cm³/mol. The van der Waals surface area contributed by atoms with E-state index in [0.717, 1.165) is 50.6 Å². The fourth-order valence-corrected chi connectivity index (χ4v) is 3.39. The van der Waals surface area contributed by atoms with Gasteiger partial charge in [0.15, 0.2) is 0 Å². The van der Waals surface area contributed by atoms with Gasteiger partial charge in [0.25, 0.3) is 0 Å². The number of nitrogens with zero attached hydrogens (tertiary/aromatic N) is 1. The molecule has 0 bridgehead atoms. The zero-order valence-electron chi connectivity index (χ0n) is 11.6.